The van der Waals surface area contributed by atoms with Crippen LogP contribution in [0.4, 0.5) is 0 Å². The van der Waals surface area contributed by atoms with Crippen molar-refractivity contribution in [1.82, 2.24) is 5.32 Å². The van der Waals surface area contributed by atoms with E-state index in [1.54, 1.807) is 0 Å². The molecule has 0 atom stereocenters. The molecule has 0 radical (unpaired) electrons. The molecule has 3 nitrogen and oxygen atoms in total. The second-order valence-corrected chi connectivity index (χ2v) is 6.08. The van der Waals surface area contributed by atoms with Crippen molar-refractivity contribution < 1.29 is 4.79 Å². The van der Waals surface area contributed by atoms with Crippen LogP contribution in [0.25, 0.3) is 0 Å². The van der Waals surface area contributed by atoms with Gasteiger partial charge in [-0.05, 0) is 36.8 Å². The topological polar surface area (TPSA) is 55.1 Å². The van der Waals surface area contributed by atoms with Crippen molar-refractivity contribution in [2.24, 2.45) is 5.73 Å². The van der Waals surface area contributed by atoms with Crippen molar-refractivity contribution >= 4 is 5.91 Å². The van der Waals surface area contributed by atoms with Crippen molar-refractivity contribution in [2.45, 2.75) is 56.5 Å². The van der Waals surface area contributed by atoms with Crippen LogP contribution in [0.3, 0.4) is 0 Å². The zero-order chi connectivity index (χ0) is 13.3. The highest BCUT2D eigenvalue weighted by molar-refractivity contribution is 5.79. The number of rotatable bonds is 4. The van der Waals surface area contributed by atoms with Gasteiger partial charge < -0.3 is 11.1 Å². The Balaban J connectivity index is 1.61. The molecule has 1 aromatic carbocycles. The number of hydrogen-bond donors (Lipinski definition) is 2. The fourth-order valence-corrected chi connectivity index (χ4v) is 2.95. The van der Waals surface area contributed by atoms with Gasteiger partial charge in [0.05, 0.1) is 6.42 Å². The van der Waals surface area contributed by atoms with Gasteiger partial charge in [-0.3, -0.25) is 4.79 Å². The molecule has 3 heteroatoms. The van der Waals surface area contributed by atoms with Crippen LogP contribution in [0.15, 0.2) is 24.3 Å². The highest BCUT2D eigenvalue weighted by Gasteiger charge is 2.39. The molecule has 2 aliphatic carbocycles. The summed E-state index contributed by atoms with van der Waals surface area (Å²) in [6.45, 7) is 0. The van der Waals surface area contributed by atoms with E-state index in [4.69, 9.17) is 5.73 Å². The smallest absolute Gasteiger partial charge is 0.224 e. The van der Waals surface area contributed by atoms with E-state index in [-0.39, 0.29) is 11.4 Å². The summed E-state index contributed by atoms with van der Waals surface area (Å²) in [7, 11) is 0. The van der Waals surface area contributed by atoms with E-state index >= 15 is 0 Å². The Hall–Kier alpha value is -1.35. The van der Waals surface area contributed by atoms with Crippen LogP contribution in [-0.4, -0.2) is 11.9 Å². The Kier molecular flexibility index (Phi) is 3.31. The van der Waals surface area contributed by atoms with Crippen LogP contribution >= 0.6 is 0 Å². The SMILES string of the molecule is NC1(c2cccc(CC(=O)NC3CCCC3)c2)CC1. The van der Waals surface area contributed by atoms with E-state index in [1.807, 2.05) is 12.1 Å². The normalized spacial score (nSPS) is 21.3. The third-order valence-electron chi connectivity index (χ3n) is 4.38. The zero-order valence-corrected chi connectivity index (χ0v) is 11.3. The highest BCUT2D eigenvalue weighted by Crippen LogP contribution is 2.42. The summed E-state index contributed by atoms with van der Waals surface area (Å²) in [5, 5.41) is 3.13. The average molecular weight is 258 g/mol. The minimum Gasteiger partial charge on any atom is -0.353 e. The van der Waals surface area contributed by atoms with Crippen LogP contribution in [0.5, 0.6) is 0 Å². The summed E-state index contributed by atoms with van der Waals surface area (Å²) >= 11 is 0. The van der Waals surface area contributed by atoms with E-state index in [1.165, 1.54) is 18.4 Å². The molecule has 1 amide bonds. The first-order valence-electron chi connectivity index (χ1n) is 7.33. The Morgan fingerprint density at radius 3 is 2.74 bits per heavy atom. The molecular formula is C16H22N2O. The molecule has 2 fully saturated rings. The van der Waals surface area contributed by atoms with Gasteiger partial charge in [0.2, 0.25) is 5.91 Å². The van der Waals surface area contributed by atoms with Crippen LogP contribution < -0.4 is 11.1 Å². The Bertz CT molecular complexity index is 473. The van der Waals surface area contributed by atoms with Gasteiger partial charge in [0.1, 0.15) is 0 Å². The van der Waals surface area contributed by atoms with E-state index in [2.05, 4.69) is 17.4 Å². The summed E-state index contributed by atoms with van der Waals surface area (Å²) in [5.74, 6) is 0.144. The molecule has 0 aliphatic heterocycles. The van der Waals surface area contributed by atoms with E-state index in [0.717, 1.165) is 31.2 Å². The molecule has 0 unspecified atom stereocenters. The number of benzene rings is 1. The minimum absolute atomic E-state index is 0.113. The largest absolute Gasteiger partial charge is 0.353 e. The molecule has 2 saturated carbocycles. The number of carbonyl (C=O) groups excluding carboxylic acids is 1. The maximum atomic E-state index is 12.0. The lowest BCUT2D eigenvalue weighted by Crippen LogP contribution is -2.33. The third kappa shape index (κ3) is 2.98. The van der Waals surface area contributed by atoms with E-state index < -0.39 is 0 Å². The molecular weight excluding hydrogens is 236 g/mol. The monoisotopic (exact) mass is 258 g/mol. The second-order valence-electron chi connectivity index (χ2n) is 6.08. The molecule has 0 heterocycles. The van der Waals surface area contributed by atoms with Crippen molar-refractivity contribution in [3.05, 3.63) is 35.4 Å². The maximum absolute atomic E-state index is 12.0. The van der Waals surface area contributed by atoms with Gasteiger partial charge in [-0.25, -0.2) is 0 Å². The molecule has 102 valence electrons. The van der Waals surface area contributed by atoms with Gasteiger partial charge in [-0.1, -0.05) is 37.1 Å². The Morgan fingerprint density at radius 1 is 1.32 bits per heavy atom. The summed E-state index contributed by atoms with van der Waals surface area (Å²) < 4.78 is 0. The molecule has 3 rings (SSSR count). The van der Waals surface area contributed by atoms with Crippen molar-refractivity contribution in [1.29, 1.82) is 0 Å². The van der Waals surface area contributed by atoms with Crippen molar-refractivity contribution in [3.63, 3.8) is 0 Å². The number of hydrogen-bond acceptors (Lipinski definition) is 2. The molecule has 0 bridgehead atoms. The summed E-state index contributed by atoms with van der Waals surface area (Å²) in [4.78, 5) is 12.0. The van der Waals surface area contributed by atoms with Gasteiger partial charge >= 0.3 is 0 Å². The van der Waals surface area contributed by atoms with Crippen LogP contribution in [0.1, 0.15) is 49.7 Å². The first-order valence-corrected chi connectivity index (χ1v) is 7.33. The van der Waals surface area contributed by atoms with Crippen LogP contribution in [-0.2, 0) is 16.8 Å². The van der Waals surface area contributed by atoms with E-state index in [9.17, 15) is 4.79 Å². The minimum atomic E-state index is -0.113. The van der Waals surface area contributed by atoms with Gasteiger partial charge in [0.15, 0.2) is 0 Å². The summed E-state index contributed by atoms with van der Waals surface area (Å²) in [6, 6.07) is 8.61. The Morgan fingerprint density at radius 2 is 2.05 bits per heavy atom. The van der Waals surface area contributed by atoms with Crippen LogP contribution in [0.2, 0.25) is 0 Å². The lowest BCUT2D eigenvalue weighted by atomic mass is 10.0. The fraction of sp³-hybridized carbons (Fsp3) is 0.562. The molecule has 0 saturated heterocycles. The standard InChI is InChI=1S/C16H22N2O/c17-16(8-9-16)13-5-3-4-12(10-13)11-15(19)18-14-6-1-2-7-14/h3-5,10,14H,1-2,6-9,11,17H2,(H,18,19). The maximum Gasteiger partial charge on any atom is 0.224 e. The zero-order valence-electron chi connectivity index (χ0n) is 11.3. The number of carbonyl (C=O) groups is 1. The summed E-state index contributed by atoms with van der Waals surface area (Å²) in [6.07, 6.45) is 7.36. The Labute approximate surface area is 114 Å². The molecule has 0 aromatic heterocycles. The van der Waals surface area contributed by atoms with Crippen molar-refractivity contribution in [3.8, 4) is 0 Å². The highest BCUT2D eigenvalue weighted by atomic mass is 16.1. The van der Waals surface area contributed by atoms with Gasteiger partial charge in [0.25, 0.3) is 0 Å². The second kappa shape index (κ2) is 4.97. The van der Waals surface area contributed by atoms with E-state index in [0.29, 0.717) is 12.5 Å². The first-order chi connectivity index (χ1) is 9.16. The molecule has 19 heavy (non-hydrogen) atoms. The fourth-order valence-electron chi connectivity index (χ4n) is 2.95. The predicted molar refractivity (Wildman–Crippen MR) is 75.6 cm³/mol. The molecule has 1 aromatic rings. The third-order valence-corrected chi connectivity index (χ3v) is 4.38. The quantitative estimate of drug-likeness (QED) is 0.870. The molecule has 3 N–H and O–H groups in total. The molecule has 2 aliphatic rings. The summed E-state index contributed by atoms with van der Waals surface area (Å²) in [5.41, 5.74) is 8.34. The molecule has 0 spiro atoms. The number of amides is 1. The van der Waals surface area contributed by atoms with Crippen LogP contribution in [0, 0.1) is 0 Å². The lowest BCUT2D eigenvalue weighted by Gasteiger charge is -2.13. The first kappa shape index (κ1) is 12.7. The predicted octanol–water partition coefficient (Wildman–Crippen LogP) is 2.24. The van der Waals surface area contributed by atoms with Gasteiger partial charge in [-0.2, -0.15) is 0 Å². The average Bonchev–Trinajstić information content (AvgIpc) is 2.94. The van der Waals surface area contributed by atoms with Crippen molar-refractivity contribution in [2.75, 3.05) is 0 Å². The number of nitrogens with two attached hydrogens (primary N) is 1. The number of nitrogens with one attached hydrogen (secondary N) is 1. The van der Waals surface area contributed by atoms with Gasteiger partial charge in [0, 0.05) is 11.6 Å². The van der Waals surface area contributed by atoms with Gasteiger partial charge in [-0.15, -0.1) is 0 Å². The lowest BCUT2D eigenvalue weighted by molar-refractivity contribution is -0.121.